The molecular formula is C22H25NO5S. The molecule has 0 unspecified atom stereocenters. The summed E-state index contributed by atoms with van der Waals surface area (Å²) in [5.74, 6) is -1.37. The lowest BCUT2D eigenvalue weighted by atomic mass is 9.87. The third-order valence-electron chi connectivity index (χ3n) is 5.16. The minimum absolute atomic E-state index is 0.0583. The van der Waals surface area contributed by atoms with Crippen molar-refractivity contribution in [1.82, 2.24) is 5.32 Å². The molecule has 1 amide bonds. The fourth-order valence-electron chi connectivity index (χ4n) is 3.53. The van der Waals surface area contributed by atoms with Gasteiger partial charge in [0, 0.05) is 0 Å². The van der Waals surface area contributed by atoms with E-state index in [2.05, 4.69) is 11.4 Å². The number of sulfone groups is 1. The van der Waals surface area contributed by atoms with Crippen molar-refractivity contribution >= 4 is 21.7 Å². The second-order valence-corrected chi connectivity index (χ2v) is 9.35. The van der Waals surface area contributed by atoms with Crippen LogP contribution in [-0.4, -0.2) is 32.2 Å². The van der Waals surface area contributed by atoms with Gasteiger partial charge in [0.25, 0.3) is 5.91 Å². The number of amides is 1. The van der Waals surface area contributed by atoms with E-state index < -0.39 is 27.8 Å². The van der Waals surface area contributed by atoms with Crippen LogP contribution in [0.1, 0.15) is 54.2 Å². The van der Waals surface area contributed by atoms with Gasteiger partial charge in [-0.25, -0.2) is 13.2 Å². The number of aryl methyl sites for hydroxylation is 1. The smallest absolute Gasteiger partial charge is 0.340 e. The molecule has 0 saturated heterocycles. The summed E-state index contributed by atoms with van der Waals surface area (Å²) in [5.41, 5.74) is 2.24. The Morgan fingerprint density at radius 2 is 1.83 bits per heavy atom. The molecule has 154 valence electrons. The number of benzene rings is 2. The minimum atomic E-state index is -3.59. The van der Waals surface area contributed by atoms with Crippen LogP contribution >= 0.6 is 0 Å². The molecule has 0 aromatic heterocycles. The van der Waals surface area contributed by atoms with E-state index in [0.29, 0.717) is 0 Å². The zero-order valence-corrected chi connectivity index (χ0v) is 17.4. The summed E-state index contributed by atoms with van der Waals surface area (Å²) >= 11 is 0. The third kappa shape index (κ3) is 4.67. The number of fused-ring (bicyclic) bond motifs is 1. The van der Waals surface area contributed by atoms with Crippen molar-refractivity contribution in [2.45, 2.75) is 50.2 Å². The van der Waals surface area contributed by atoms with Gasteiger partial charge in [-0.15, -0.1) is 0 Å². The maximum Gasteiger partial charge on any atom is 0.340 e. The van der Waals surface area contributed by atoms with E-state index >= 15 is 0 Å². The first-order valence-corrected chi connectivity index (χ1v) is 11.4. The van der Waals surface area contributed by atoms with Gasteiger partial charge in [0.2, 0.25) is 0 Å². The number of rotatable bonds is 6. The fourth-order valence-corrected chi connectivity index (χ4v) is 4.62. The molecule has 1 N–H and O–H groups in total. The van der Waals surface area contributed by atoms with Crippen molar-refractivity contribution in [2.24, 2.45) is 0 Å². The van der Waals surface area contributed by atoms with E-state index in [1.54, 1.807) is 12.1 Å². The molecular weight excluding hydrogens is 390 g/mol. The van der Waals surface area contributed by atoms with Crippen LogP contribution in [0.3, 0.4) is 0 Å². The number of esters is 1. The molecule has 0 bridgehead atoms. The van der Waals surface area contributed by atoms with Crippen LogP contribution in [0, 0.1) is 0 Å². The topological polar surface area (TPSA) is 89.5 Å². The predicted molar refractivity (Wildman–Crippen MR) is 109 cm³/mol. The molecule has 6 nitrogen and oxygen atoms in total. The zero-order valence-electron chi connectivity index (χ0n) is 16.6. The van der Waals surface area contributed by atoms with Gasteiger partial charge in [0.05, 0.1) is 22.3 Å². The molecule has 0 spiro atoms. The molecule has 3 rings (SSSR count). The normalized spacial score (nSPS) is 17.1. The van der Waals surface area contributed by atoms with Gasteiger partial charge in [-0.1, -0.05) is 43.3 Å². The molecule has 29 heavy (non-hydrogen) atoms. The van der Waals surface area contributed by atoms with Gasteiger partial charge < -0.3 is 10.1 Å². The van der Waals surface area contributed by atoms with E-state index in [1.807, 2.05) is 18.2 Å². The van der Waals surface area contributed by atoms with Crippen LogP contribution in [0.25, 0.3) is 0 Å². The Bertz CT molecular complexity index is 1020. The Morgan fingerprint density at radius 1 is 1.14 bits per heavy atom. The maximum atomic E-state index is 12.6. The summed E-state index contributed by atoms with van der Waals surface area (Å²) in [4.78, 5) is 25.1. The molecule has 2 aromatic carbocycles. The second-order valence-electron chi connectivity index (χ2n) is 7.10. The summed E-state index contributed by atoms with van der Waals surface area (Å²) < 4.78 is 29.8. The van der Waals surface area contributed by atoms with Crippen molar-refractivity contribution in [3.8, 4) is 0 Å². The molecule has 0 fully saturated rings. The van der Waals surface area contributed by atoms with E-state index in [9.17, 15) is 18.0 Å². The number of carbonyl (C=O) groups excluding carboxylic acids is 2. The lowest BCUT2D eigenvalue weighted by Crippen LogP contribution is -2.39. The second kappa shape index (κ2) is 8.78. The van der Waals surface area contributed by atoms with Gasteiger partial charge in [-0.3, -0.25) is 4.79 Å². The van der Waals surface area contributed by atoms with E-state index in [1.165, 1.54) is 31.5 Å². The summed E-state index contributed by atoms with van der Waals surface area (Å²) in [6.07, 6.45) is 1.73. The lowest BCUT2D eigenvalue weighted by Gasteiger charge is -2.27. The van der Waals surface area contributed by atoms with Crippen molar-refractivity contribution < 1.29 is 22.7 Å². The van der Waals surface area contributed by atoms with Gasteiger partial charge in [0.1, 0.15) is 0 Å². The first kappa shape index (κ1) is 21.0. The number of carbonyl (C=O) groups is 2. The quantitative estimate of drug-likeness (QED) is 0.732. The predicted octanol–water partition coefficient (Wildman–Crippen LogP) is 3.22. The molecule has 1 aliphatic carbocycles. The van der Waals surface area contributed by atoms with Crippen LogP contribution in [0.15, 0.2) is 53.4 Å². The van der Waals surface area contributed by atoms with Crippen LogP contribution in [0.2, 0.25) is 0 Å². The summed E-state index contributed by atoms with van der Waals surface area (Å²) in [6, 6.07) is 13.7. The zero-order chi connectivity index (χ0) is 21.0. The summed E-state index contributed by atoms with van der Waals surface area (Å²) in [5, 5.41) is 2.95. The number of hydrogen-bond donors (Lipinski definition) is 1. The molecule has 0 saturated carbocycles. The molecule has 2 atom stereocenters. The molecule has 1 aliphatic rings. The molecule has 2 aromatic rings. The molecule has 0 heterocycles. The molecule has 7 heteroatoms. The number of hydrogen-bond acceptors (Lipinski definition) is 5. The van der Waals surface area contributed by atoms with Crippen LogP contribution in [-0.2, 0) is 25.8 Å². The molecule has 0 aliphatic heterocycles. The summed E-state index contributed by atoms with van der Waals surface area (Å²) in [6.45, 7) is 2.99. The van der Waals surface area contributed by atoms with Crippen molar-refractivity contribution in [3.63, 3.8) is 0 Å². The SMILES string of the molecule is CCS(=O)(=O)c1ccccc1C(=O)O[C@@H](C)C(=O)N[C@@H]1CCCc2ccccc21. The van der Waals surface area contributed by atoms with Crippen LogP contribution in [0.4, 0.5) is 0 Å². The highest BCUT2D eigenvalue weighted by molar-refractivity contribution is 7.91. The highest BCUT2D eigenvalue weighted by Gasteiger charge is 2.27. The third-order valence-corrected chi connectivity index (χ3v) is 6.95. The summed E-state index contributed by atoms with van der Waals surface area (Å²) in [7, 11) is -3.59. The van der Waals surface area contributed by atoms with Gasteiger partial charge >= 0.3 is 5.97 Å². The van der Waals surface area contributed by atoms with Crippen LogP contribution < -0.4 is 5.32 Å². The highest BCUT2D eigenvalue weighted by atomic mass is 32.2. The van der Waals surface area contributed by atoms with Crippen molar-refractivity contribution in [2.75, 3.05) is 5.75 Å². The minimum Gasteiger partial charge on any atom is -0.449 e. The maximum absolute atomic E-state index is 12.6. The van der Waals surface area contributed by atoms with Crippen molar-refractivity contribution in [1.29, 1.82) is 0 Å². The Morgan fingerprint density at radius 3 is 2.59 bits per heavy atom. The fraction of sp³-hybridized carbons (Fsp3) is 0.364. The highest BCUT2D eigenvalue weighted by Crippen LogP contribution is 2.29. The Labute approximate surface area is 171 Å². The van der Waals surface area contributed by atoms with Gasteiger partial charge in [-0.05, 0) is 49.4 Å². The molecule has 0 radical (unpaired) electrons. The first-order chi connectivity index (χ1) is 13.8. The van der Waals surface area contributed by atoms with Crippen LogP contribution in [0.5, 0.6) is 0 Å². The van der Waals surface area contributed by atoms with Gasteiger partial charge in [0.15, 0.2) is 15.9 Å². The first-order valence-electron chi connectivity index (χ1n) is 9.74. The number of nitrogens with one attached hydrogen (secondary N) is 1. The average molecular weight is 416 g/mol. The van der Waals surface area contributed by atoms with E-state index in [0.717, 1.165) is 24.8 Å². The van der Waals surface area contributed by atoms with E-state index in [4.69, 9.17) is 4.74 Å². The monoisotopic (exact) mass is 415 g/mol. The largest absolute Gasteiger partial charge is 0.449 e. The Hall–Kier alpha value is -2.67. The number of ether oxygens (including phenoxy) is 1. The lowest BCUT2D eigenvalue weighted by molar-refractivity contribution is -0.130. The van der Waals surface area contributed by atoms with Gasteiger partial charge in [-0.2, -0.15) is 0 Å². The van der Waals surface area contributed by atoms with Crippen molar-refractivity contribution in [3.05, 3.63) is 65.2 Å². The average Bonchev–Trinajstić information content (AvgIpc) is 2.73. The Balaban J connectivity index is 1.71. The van der Waals surface area contributed by atoms with E-state index in [-0.39, 0.29) is 22.3 Å². The Kier molecular flexibility index (Phi) is 6.37. The standard InChI is InChI=1S/C22H25NO5S/c1-3-29(26,27)20-14-7-6-12-18(20)22(25)28-15(2)21(24)23-19-13-8-10-16-9-4-5-11-17(16)19/h4-7,9,11-12,14-15,19H,3,8,10,13H2,1-2H3,(H,23,24)/t15-,19+/m0/s1.